The summed E-state index contributed by atoms with van der Waals surface area (Å²) in [6, 6.07) is 11.7. The standard InChI is InChI=1S/C27H33ClN4O2.ClH/c28-23-6-2-1-5-22(23)24(30-25(33)21-7-8-21)9-14-31-15-10-27(11-16-31)12-17-32(26(27)34)19-20-4-3-13-29-18-20;/h1-6,13,18,21,24H,7-12,14-17,19H2,(H,30,33);1H. The lowest BCUT2D eigenvalue weighted by molar-refractivity contribution is -0.139. The minimum Gasteiger partial charge on any atom is -0.349 e. The van der Waals surface area contributed by atoms with Gasteiger partial charge < -0.3 is 15.1 Å². The van der Waals surface area contributed by atoms with Gasteiger partial charge in [-0.2, -0.15) is 0 Å². The number of carbonyl (C=O) groups excluding carboxylic acids is 2. The summed E-state index contributed by atoms with van der Waals surface area (Å²) in [5, 5.41) is 3.94. The van der Waals surface area contributed by atoms with Crippen LogP contribution >= 0.6 is 24.0 Å². The zero-order valence-electron chi connectivity index (χ0n) is 20.0. The van der Waals surface area contributed by atoms with Crippen molar-refractivity contribution in [2.75, 3.05) is 26.2 Å². The lowest BCUT2D eigenvalue weighted by Gasteiger charge is -2.38. The first kappa shape index (κ1) is 25.9. The van der Waals surface area contributed by atoms with Gasteiger partial charge in [-0.05, 0) is 74.9 Å². The number of nitrogens with one attached hydrogen (secondary N) is 1. The quantitative estimate of drug-likeness (QED) is 0.555. The van der Waals surface area contributed by atoms with Gasteiger partial charge in [-0.25, -0.2) is 0 Å². The van der Waals surface area contributed by atoms with Gasteiger partial charge in [-0.15, -0.1) is 12.4 Å². The van der Waals surface area contributed by atoms with E-state index in [-0.39, 0.29) is 35.7 Å². The molecule has 35 heavy (non-hydrogen) atoms. The molecule has 188 valence electrons. The molecule has 1 atom stereocenters. The number of piperidine rings is 1. The van der Waals surface area contributed by atoms with Crippen LogP contribution in [0.5, 0.6) is 0 Å². The Kier molecular flexibility index (Phi) is 8.35. The van der Waals surface area contributed by atoms with Crippen molar-refractivity contribution in [3.8, 4) is 0 Å². The van der Waals surface area contributed by atoms with Crippen LogP contribution in [0, 0.1) is 11.3 Å². The Balaban J connectivity index is 0.00000289. The number of aromatic nitrogens is 1. The van der Waals surface area contributed by atoms with E-state index >= 15 is 0 Å². The number of nitrogens with zero attached hydrogens (tertiary/aromatic N) is 3. The molecule has 1 spiro atoms. The van der Waals surface area contributed by atoms with E-state index in [0.29, 0.717) is 17.5 Å². The van der Waals surface area contributed by atoms with Crippen molar-refractivity contribution in [1.82, 2.24) is 20.1 Å². The van der Waals surface area contributed by atoms with Crippen LogP contribution in [0.1, 0.15) is 55.7 Å². The molecule has 3 aliphatic rings. The molecule has 2 amide bonds. The number of likely N-dealkylation sites (tertiary alicyclic amines) is 2. The monoisotopic (exact) mass is 516 g/mol. The van der Waals surface area contributed by atoms with Gasteiger partial charge in [0.15, 0.2) is 0 Å². The van der Waals surface area contributed by atoms with E-state index in [1.54, 1.807) is 6.20 Å². The Morgan fingerprint density at radius 3 is 2.54 bits per heavy atom. The number of pyridine rings is 1. The van der Waals surface area contributed by atoms with Crippen LogP contribution in [0.2, 0.25) is 5.02 Å². The number of hydrogen-bond acceptors (Lipinski definition) is 4. The highest BCUT2D eigenvalue weighted by Gasteiger charge is 2.47. The fraction of sp³-hybridized carbons (Fsp3) is 0.519. The molecular formula is C27H34Cl2N4O2. The summed E-state index contributed by atoms with van der Waals surface area (Å²) in [4.78, 5) is 34.4. The van der Waals surface area contributed by atoms with Crippen molar-refractivity contribution in [2.24, 2.45) is 11.3 Å². The molecule has 3 fully saturated rings. The second-order valence-corrected chi connectivity index (χ2v) is 10.5. The first-order chi connectivity index (χ1) is 16.5. The Bertz CT molecular complexity index is 1020. The molecule has 2 aliphatic heterocycles. The second kappa shape index (κ2) is 11.3. The molecule has 2 aromatic rings. The van der Waals surface area contributed by atoms with E-state index in [1.807, 2.05) is 47.5 Å². The van der Waals surface area contributed by atoms with Gasteiger partial charge >= 0.3 is 0 Å². The average molecular weight is 518 g/mol. The summed E-state index contributed by atoms with van der Waals surface area (Å²) in [6.07, 6.45) is 9.15. The maximum atomic E-state index is 13.3. The van der Waals surface area contributed by atoms with Crippen molar-refractivity contribution in [3.05, 3.63) is 64.9 Å². The first-order valence-electron chi connectivity index (χ1n) is 12.5. The summed E-state index contributed by atoms with van der Waals surface area (Å²) in [7, 11) is 0. The summed E-state index contributed by atoms with van der Waals surface area (Å²) in [5.74, 6) is 0.622. The smallest absolute Gasteiger partial charge is 0.229 e. The molecule has 2 saturated heterocycles. The lowest BCUT2D eigenvalue weighted by atomic mass is 9.77. The molecule has 3 heterocycles. The summed E-state index contributed by atoms with van der Waals surface area (Å²) in [6.45, 7) is 4.19. The number of halogens is 2. The largest absolute Gasteiger partial charge is 0.349 e. The van der Waals surface area contributed by atoms with Crippen LogP contribution in [-0.2, 0) is 16.1 Å². The Morgan fingerprint density at radius 1 is 1.11 bits per heavy atom. The summed E-state index contributed by atoms with van der Waals surface area (Å²) in [5.41, 5.74) is 1.87. The predicted octanol–water partition coefficient (Wildman–Crippen LogP) is 4.63. The van der Waals surface area contributed by atoms with Crippen LogP contribution in [0.4, 0.5) is 0 Å². The first-order valence-corrected chi connectivity index (χ1v) is 12.9. The molecule has 1 N–H and O–H groups in total. The van der Waals surface area contributed by atoms with E-state index in [1.165, 1.54) is 0 Å². The number of hydrogen-bond donors (Lipinski definition) is 1. The van der Waals surface area contributed by atoms with Gasteiger partial charge in [-0.3, -0.25) is 14.6 Å². The minimum atomic E-state index is -0.207. The van der Waals surface area contributed by atoms with Crippen LogP contribution in [0.25, 0.3) is 0 Å². The fourth-order valence-electron chi connectivity index (χ4n) is 5.43. The molecule has 0 radical (unpaired) electrons. The number of rotatable bonds is 8. The van der Waals surface area contributed by atoms with Crippen molar-refractivity contribution in [2.45, 2.75) is 51.1 Å². The molecule has 6 nitrogen and oxygen atoms in total. The van der Waals surface area contributed by atoms with E-state index in [0.717, 1.165) is 75.8 Å². The maximum absolute atomic E-state index is 13.3. The van der Waals surface area contributed by atoms with E-state index in [4.69, 9.17) is 11.6 Å². The highest BCUT2D eigenvalue weighted by atomic mass is 35.5. The van der Waals surface area contributed by atoms with Gasteiger partial charge in [0.05, 0.1) is 11.5 Å². The molecule has 8 heteroatoms. The molecule has 1 aliphatic carbocycles. The molecule has 1 unspecified atom stereocenters. The Labute approximate surface area is 218 Å². The zero-order valence-corrected chi connectivity index (χ0v) is 21.6. The van der Waals surface area contributed by atoms with Crippen LogP contribution in [-0.4, -0.2) is 52.8 Å². The average Bonchev–Trinajstić information content (AvgIpc) is 3.67. The SMILES string of the molecule is Cl.O=C(NC(CCN1CCC2(CC1)CCN(Cc1cccnc1)C2=O)c1ccccc1Cl)C1CC1. The van der Waals surface area contributed by atoms with E-state index in [9.17, 15) is 9.59 Å². The number of amides is 2. The minimum absolute atomic E-state index is 0. The highest BCUT2D eigenvalue weighted by Crippen LogP contribution is 2.42. The normalized spacial score (nSPS) is 20.5. The fourth-order valence-corrected chi connectivity index (χ4v) is 5.70. The number of carbonyl (C=O) groups is 2. The van der Waals surface area contributed by atoms with Crippen molar-refractivity contribution in [3.63, 3.8) is 0 Å². The summed E-state index contributed by atoms with van der Waals surface area (Å²) < 4.78 is 0. The maximum Gasteiger partial charge on any atom is 0.229 e. The Morgan fingerprint density at radius 2 is 1.86 bits per heavy atom. The second-order valence-electron chi connectivity index (χ2n) is 10.1. The number of benzene rings is 1. The molecule has 1 aromatic heterocycles. The third-order valence-corrected chi connectivity index (χ3v) is 8.13. The van der Waals surface area contributed by atoms with E-state index < -0.39 is 0 Å². The highest BCUT2D eigenvalue weighted by molar-refractivity contribution is 6.31. The molecule has 1 saturated carbocycles. The Hall–Kier alpha value is -2.15. The molecular weight excluding hydrogens is 483 g/mol. The van der Waals surface area contributed by atoms with Gasteiger partial charge in [0, 0.05) is 43.0 Å². The van der Waals surface area contributed by atoms with Crippen molar-refractivity contribution < 1.29 is 9.59 Å². The third kappa shape index (κ3) is 5.99. The van der Waals surface area contributed by atoms with Gasteiger partial charge in [-0.1, -0.05) is 35.9 Å². The zero-order chi connectivity index (χ0) is 23.5. The van der Waals surface area contributed by atoms with Crippen LogP contribution in [0.15, 0.2) is 48.8 Å². The van der Waals surface area contributed by atoms with Gasteiger partial charge in [0.1, 0.15) is 0 Å². The molecule has 1 aromatic carbocycles. The molecule has 0 bridgehead atoms. The van der Waals surface area contributed by atoms with Crippen LogP contribution in [0.3, 0.4) is 0 Å². The lowest BCUT2D eigenvalue weighted by Crippen LogP contribution is -2.45. The topological polar surface area (TPSA) is 65.5 Å². The van der Waals surface area contributed by atoms with Crippen molar-refractivity contribution >= 4 is 35.8 Å². The van der Waals surface area contributed by atoms with E-state index in [2.05, 4.69) is 15.2 Å². The van der Waals surface area contributed by atoms with Gasteiger partial charge in [0.25, 0.3) is 0 Å². The molecule has 5 rings (SSSR count). The summed E-state index contributed by atoms with van der Waals surface area (Å²) >= 11 is 6.48. The van der Waals surface area contributed by atoms with Gasteiger partial charge in [0.2, 0.25) is 11.8 Å². The van der Waals surface area contributed by atoms with Crippen molar-refractivity contribution in [1.29, 1.82) is 0 Å². The predicted molar refractivity (Wildman–Crippen MR) is 139 cm³/mol. The third-order valence-electron chi connectivity index (χ3n) is 7.79. The van der Waals surface area contributed by atoms with Crippen LogP contribution < -0.4 is 5.32 Å².